The van der Waals surface area contributed by atoms with Gasteiger partial charge in [-0.15, -0.1) is 0 Å². The number of nitro groups is 1. The maximum absolute atomic E-state index is 12.3. The van der Waals surface area contributed by atoms with Gasteiger partial charge in [0.25, 0.3) is 11.6 Å². The van der Waals surface area contributed by atoms with Crippen LogP contribution in [0.4, 0.5) is 5.69 Å². The van der Waals surface area contributed by atoms with Gasteiger partial charge in [-0.1, -0.05) is 22.0 Å². The van der Waals surface area contributed by atoms with E-state index in [1.807, 2.05) is 0 Å². The molecule has 3 aromatic rings. The molecule has 0 fully saturated rings. The largest absolute Gasteiger partial charge is 0.493 e. The van der Waals surface area contributed by atoms with E-state index < -0.39 is 16.8 Å². The van der Waals surface area contributed by atoms with Crippen LogP contribution in [0, 0.1) is 10.1 Å². The first-order valence-corrected chi connectivity index (χ1v) is 9.90. The molecule has 0 aliphatic carbocycles. The number of methoxy groups -OCH3 is 1. The molecule has 1 N–H and O–H groups in total. The summed E-state index contributed by atoms with van der Waals surface area (Å²) < 4.78 is 11.4. The van der Waals surface area contributed by atoms with Crippen LogP contribution in [0.1, 0.15) is 26.3 Å². The average molecular weight is 498 g/mol. The van der Waals surface area contributed by atoms with Crippen LogP contribution in [0.25, 0.3) is 0 Å². The molecular weight excluding hydrogens is 482 g/mol. The van der Waals surface area contributed by atoms with Crippen LogP contribution in [-0.2, 0) is 0 Å². The molecule has 0 radical (unpaired) electrons. The number of nitrogens with one attached hydrogen (secondary N) is 1. The lowest BCUT2D eigenvalue weighted by atomic mass is 10.2. The van der Waals surface area contributed by atoms with Gasteiger partial charge in [-0.3, -0.25) is 14.9 Å². The topological polar surface area (TPSA) is 120 Å². The number of non-ortho nitro benzene ring substituents is 1. The quantitative estimate of drug-likeness (QED) is 0.170. The highest BCUT2D eigenvalue weighted by atomic mass is 79.9. The second-order valence-electron chi connectivity index (χ2n) is 6.31. The van der Waals surface area contributed by atoms with Crippen molar-refractivity contribution in [3.8, 4) is 11.5 Å². The second-order valence-corrected chi connectivity index (χ2v) is 7.23. The van der Waals surface area contributed by atoms with Crippen molar-refractivity contribution in [2.75, 3.05) is 7.11 Å². The molecule has 0 heterocycles. The molecule has 0 spiro atoms. The Morgan fingerprint density at radius 1 is 1.03 bits per heavy atom. The van der Waals surface area contributed by atoms with E-state index in [-0.39, 0.29) is 17.0 Å². The van der Waals surface area contributed by atoms with Crippen LogP contribution in [0.5, 0.6) is 11.5 Å². The third-order valence-corrected chi connectivity index (χ3v) is 4.66. The molecule has 1 amide bonds. The number of hydrogen-bond donors (Lipinski definition) is 1. The van der Waals surface area contributed by atoms with Gasteiger partial charge < -0.3 is 9.47 Å². The van der Waals surface area contributed by atoms with Crippen molar-refractivity contribution in [1.82, 2.24) is 5.43 Å². The Bertz CT molecular complexity index is 1190. The number of benzene rings is 3. The fourth-order valence-electron chi connectivity index (χ4n) is 2.59. The first kappa shape index (κ1) is 22.6. The summed E-state index contributed by atoms with van der Waals surface area (Å²) in [6, 6.07) is 16.7. The summed E-state index contributed by atoms with van der Waals surface area (Å²) in [7, 11) is 1.43. The average Bonchev–Trinajstić information content (AvgIpc) is 2.79. The number of rotatable bonds is 7. The minimum Gasteiger partial charge on any atom is -0.493 e. The number of hydrogen-bond acceptors (Lipinski definition) is 7. The Labute approximate surface area is 190 Å². The molecular formula is C22H16BrN3O6. The van der Waals surface area contributed by atoms with E-state index in [1.165, 1.54) is 37.6 Å². The predicted molar refractivity (Wildman–Crippen MR) is 120 cm³/mol. The number of carbonyl (C=O) groups is 2. The van der Waals surface area contributed by atoms with Crippen molar-refractivity contribution < 1.29 is 24.0 Å². The van der Waals surface area contributed by atoms with E-state index in [0.29, 0.717) is 16.9 Å². The maximum Gasteiger partial charge on any atom is 0.343 e. The number of ether oxygens (including phenoxy) is 2. The number of halogens is 1. The van der Waals surface area contributed by atoms with Gasteiger partial charge in [0, 0.05) is 22.2 Å². The minimum absolute atomic E-state index is 0.113. The van der Waals surface area contributed by atoms with Crippen LogP contribution in [0.3, 0.4) is 0 Å². The molecule has 32 heavy (non-hydrogen) atoms. The standard InChI is InChI=1S/C22H16BrN3O6/c1-31-20-11-14(5-10-19(20)32-22(28)16-3-2-4-17(23)12-16)13-24-25-21(27)15-6-8-18(9-7-15)26(29)30/h2-13H,1H3,(H,25,27)/b24-13-. The van der Waals surface area contributed by atoms with Crippen molar-refractivity contribution in [3.05, 3.63) is 98.0 Å². The lowest BCUT2D eigenvalue weighted by Gasteiger charge is -2.10. The summed E-state index contributed by atoms with van der Waals surface area (Å²) >= 11 is 3.31. The van der Waals surface area contributed by atoms with Gasteiger partial charge in [-0.25, -0.2) is 10.2 Å². The first-order chi connectivity index (χ1) is 15.4. The van der Waals surface area contributed by atoms with E-state index in [2.05, 4.69) is 26.5 Å². The maximum atomic E-state index is 12.3. The smallest absolute Gasteiger partial charge is 0.343 e. The Morgan fingerprint density at radius 3 is 2.44 bits per heavy atom. The van der Waals surface area contributed by atoms with E-state index in [9.17, 15) is 19.7 Å². The zero-order valence-corrected chi connectivity index (χ0v) is 18.2. The minimum atomic E-state index is -0.549. The molecule has 162 valence electrons. The third-order valence-electron chi connectivity index (χ3n) is 4.17. The highest BCUT2D eigenvalue weighted by Gasteiger charge is 2.13. The molecule has 0 aliphatic heterocycles. The van der Waals surface area contributed by atoms with E-state index >= 15 is 0 Å². The molecule has 0 unspecified atom stereocenters. The van der Waals surface area contributed by atoms with Gasteiger partial charge in [-0.2, -0.15) is 5.10 Å². The van der Waals surface area contributed by atoms with Gasteiger partial charge >= 0.3 is 5.97 Å². The van der Waals surface area contributed by atoms with E-state index in [0.717, 1.165) is 4.47 Å². The van der Waals surface area contributed by atoms with E-state index in [1.54, 1.807) is 42.5 Å². The van der Waals surface area contributed by atoms with Gasteiger partial charge in [0.2, 0.25) is 0 Å². The lowest BCUT2D eigenvalue weighted by Crippen LogP contribution is -2.17. The Morgan fingerprint density at radius 2 is 1.78 bits per heavy atom. The van der Waals surface area contributed by atoms with Gasteiger partial charge in [-0.05, 0) is 54.1 Å². The highest BCUT2D eigenvalue weighted by Crippen LogP contribution is 2.28. The van der Waals surface area contributed by atoms with E-state index in [4.69, 9.17) is 9.47 Å². The molecule has 9 nitrogen and oxygen atoms in total. The third kappa shape index (κ3) is 5.76. The molecule has 0 saturated carbocycles. The zero-order chi connectivity index (χ0) is 23.1. The molecule has 3 aromatic carbocycles. The number of nitro benzene ring substituents is 1. The van der Waals surface area contributed by atoms with Crippen LogP contribution < -0.4 is 14.9 Å². The predicted octanol–water partition coefficient (Wildman–Crippen LogP) is 4.35. The molecule has 0 aromatic heterocycles. The fraction of sp³-hybridized carbons (Fsp3) is 0.0455. The van der Waals surface area contributed by atoms with Crippen molar-refractivity contribution in [2.45, 2.75) is 0 Å². The lowest BCUT2D eigenvalue weighted by molar-refractivity contribution is -0.384. The van der Waals surface area contributed by atoms with Crippen LogP contribution in [0.15, 0.2) is 76.3 Å². The summed E-state index contributed by atoms with van der Waals surface area (Å²) in [5.41, 5.74) is 3.40. The fourth-order valence-corrected chi connectivity index (χ4v) is 2.99. The Balaban J connectivity index is 1.66. The van der Waals surface area contributed by atoms with Gasteiger partial charge in [0.1, 0.15) is 0 Å². The Hall–Kier alpha value is -4.05. The number of esters is 1. The SMILES string of the molecule is COc1cc(/C=N\NC(=O)c2ccc([N+](=O)[O-])cc2)ccc1OC(=O)c1cccc(Br)c1. The molecule has 0 atom stereocenters. The molecule has 10 heteroatoms. The second kappa shape index (κ2) is 10.3. The number of nitrogens with zero attached hydrogens (tertiary/aromatic N) is 2. The van der Waals surface area contributed by atoms with Crippen molar-refractivity contribution in [1.29, 1.82) is 0 Å². The molecule has 0 bridgehead atoms. The summed E-state index contributed by atoms with van der Waals surface area (Å²) in [6.45, 7) is 0. The van der Waals surface area contributed by atoms with Crippen LogP contribution >= 0.6 is 15.9 Å². The van der Waals surface area contributed by atoms with Crippen LogP contribution in [-0.4, -0.2) is 30.1 Å². The highest BCUT2D eigenvalue weighted by molar-refractivity contribution is 9.10. The van der Waals surface area contributed by atoms with Gasteiger partial charge in [0.05, 0.1) is 23.8 Å². The Kier molecular flexibility index (Phi) is 7.29. The monoisotopic (exact) mass is 497 g/mol. The number of hydrazone groups is 1. The number of carbonyl (C=O) groups excluding carboxylic acids is 2. The number of amides is 1. The molecule has 0 saturated heterocycles. The van der Waals surface area contributed by atoms with Gasteiger partial charge in [0.15, 0.2) is 11.5 Å². The molecule has 3 rings (SSSR count). The zero-order valence-electron chi connectivity index (χ0n) is 16.7. The first-order valence-electron chi connectivity index (χ1n) is 9.11. The summed E-state index contributed by atoms with van der Waals surface area (Å²) in [5, 5.41) is 14.5. The summed E-state index contributed by atoms with van der Waals surface area (Å²) in [4.78, 5) is 34.6. The summed E-state index contributed by atoms with van der Waals surface area (Å²) in [6.07, 6.45) is 1.38. The summed E-state index contributed by atoms with van der Waals surface area (Å²) in [5.74, 6) is -0.535. The normalized spacial score (nSPS) is 10.6. The van der Waals surface area contributed by atoms with Crippen molar-refractivity contribution in [2.24, 2.45) is 5.10 Å². The molecule has 0 aliphatic rings. The van der Waals surface area contributed by atoms with Crippen molar-refractivity contribution in [3.63, 3.8) is 0 Å². The van der Waals surface area contributed by atoms with Crippen molar-refractivity contribution >= 4 is 39.7 Å². The van der Waals surface area contributed by atoms with Crippen LogP contribution in [0.2, 0.25) is 0 Å².